The molecule has 0 heterocycles. The van der Waals surface area contributed by atoms with E-state index < -0.39 is 0 Å². The Balaban J connectivity index is 2.84. The van der Waals surface area contributed by atoms with E-state index in [4.69, 9.17) is 5.73 Å². The van der Waals surface area contributed by atoms with Crippen molar-refractivity contribution < 1.29 is 4.39 Å². The Hall–Kier alpha value is -1.15. The highest BCUT2D eigenvalue weighted by molar-refractivity contribution is 5.52. The molecular formula is C10H12FN. The number of rotatable bonds is 2. The molecule has 1 rings (SSSR count). The monoisotopic (exact) mass is 165 g/mol. The Kier molecular flexibility index (Phi) is 3.00. The van der Waals surface area contributed by atoms with Gasteiger partial charge in [-0.05, 0) is 24.6 Å². The zero-order valence-corrected chi connectivity index (χ0v) is 7.05. The van der Waals surface area contributed by atoms with E-state index in [1.807, 2.05) is 13.0 Å². The summed E-state index contributed by atoms with van der Waals surface area (Å²) in [6.07, 6.45) is 1.94. The smallest absolute Gasteiger partial charge is 0.123 e. The van der Waals surface area contributed by atoms with Crippen LogP contribution in [0, 0.1) is 5.82 Å². The van der Waals surface area contributed by atoms with Gasteiger partial charge < -0.3 is 5.73 Å². The number of halogens is 1. The van der Waals surface area contributed by atoms with Gasteiger partial charge in [0.2, 0.25) is 0 Å². The van der Waals surface area contributed by atoms with Gasteiger partial charge in [0.1, 0.15) is 5.82 Å². The third-order valence-corrected chi connectivity index (χ3v) is 1.61. The lowest BCUT2D eigenvalue weighted by Gasteiger charge is -1.96. The van der Waals surface area contributed by atoms with Crippen molar-refractivity contribution in [2.24, 2.45) is 5.73 Å². The van der Waals surface area contributed by atoms with E-state index in [0.29, 0.717) is 6.54 Å². The summed E-state index contributed by atoms with van der Waals surface area (Å²) >= 11 is 0. The lowest BCUT2D eigenvalue weighted by atomic mass is 10.1. The molecule has 0 unspecified atom stereocenters. The summed E-state index contributed by atoms with van der Waals surface area (Å²) in [4.78, 5) is 0. The minimum atomic E-state index is -0.211. The molecule has 0 fully saturated rings. The molecule has 0 radical (unpaired) electrons. The molecular weight excluding hydrogens is 153 g/mol. The van der Waals surface area contributed by atoms with E-state index in [1.165, 1.54) is 12.1 Å². The Labute approximate surface area is 71.7 Å². The van der Waals surface area contributed by atoms with Crippen molar-refractivity contribution in [3.63, 3.8) is 0 Å². The van der Waals surface area contributed by atoms with Gasteiger partial charge >= 0.3 is 0 Å². The molecule has 0 aromatic heterocycles. The molecule has 0 saturated heterocycles. The van der Waals surface area contributed by atoms with E-state index in [1.54, 1.807) is 12.1 Å². The summed E-state index contributed by atoms with van der Waals surface area (Å²) in [6.45, 7) is 2.49. The maximum absolute atomic E-state index is 12.5. The normalized spacial score (nSPS) is 11.8. The predicted molar refractivity (Wildman–Crippen MR) is 49.1 cm³/mol. The van der Waals surface area contributed by atoms with Crippen molar-refractivity contribution in [1.82, 2.24) is 0 Å². The summed E-state index contributed by atoms with van der Waals surface area (Å²) in [5, 5.41) is 0. The molecule has 64 valence electrons. The minimum Gasteiger partial charge on any atom is -0.327 e. The van der Waals surface area contributed by atoms with Crippen LogP contribution in [0.3, 0.4) is 0 Å². The molecule has 0 bridgehead atoms. The predicted octanol–water partition coefficient (Wildman–Crippen LogP) is 2.19. The fourth-order valence-corrected chi connectivity index (χ4v) is 0.902. The van der Waals surface area contributed by atoms with Gasteiger partial charge in [-0.3, -0.25) is 0 Å². The Bertz CT molecular complexity index is 274. The molecule has 1 aromatic carbocycles. The van der Waals surface area contributed by atoms with Crippen molar-refractivity contribution in [3.8, 4) is 0 Å². The van der Waals surface area contributed by atoms with Crippen molar-refractivity contribution >= 4 is 6.08 Å². The second-order valence-corrected chi connectivity index (χ2v) is 2.75. The molecule has 2 N–H and O–H groups in total. The quantitative estimate of drug-likeness (QED) is 0.714. The number of hydrogen-bond donors (Lipinski definition) is 1. The van der Waals surface area contributed by atoms with Gasteiger partial charge in [0.15, 0.2) is 0 Å². The molecule has 0 aliphatic rings. The topological polar surface area (TPSA) is 26.0 Å². The maximum atomic E-state index is 12.5. The van der Waals surface area contributed by atoms with Gasteiger partial charge in [-0.25, -0.2) is 4.39 Å². The summed E-state index contributed by atoms with van der Waals surface area (Å²) in [6, 6.07) is 6.34. The van der Waals surface area contributed by atoms with E-state index in [2.05, 4.69) is 0 Å². The molecule has 0 atom stereocenters. The van der Waals surface area contributed by atoms with Gasteiger partial charge in [-0.15, -0.1) is 0 Å². The molecule has 12 heavy (non-hydrogen) atoms. The minimum absolute atomic E-state index is 0.211. The Morgan fingerprint density at radius 2 is 2.00 bits per heavy atom. The maximum Gasteiger partial charge on any atom is 0.123 e. The van der Waals surface area contributed by atoms with E-state index in [-0.39, 0.29) is 5.82 Å². The first-order valence-corrected chi connectivity index (χ1v) is 3.85. The zero-order chi connectivity index (χ0) is 8.97. The van der Waals surface area contributed by atoms with Crippen LogP contribution in [-0.2, 0) is 0 Å². The average Bonchev–Trinajstić information content (AvgIpc) is 2.09. The highest BCUT2D eigenvalue weighted by Crippen LogP contribution is 2.06. The average molecular weight is 165 g/mol. The fourth-order valence-electron chi connectivity index (χ4n) is 0.902. The van der Waals surface area contributed by atoms with Gasteiger partial charge in [0.25, 0.3) is 0 Å². The first-order chi connectivity index (χ1) is 5.72. The second-order valence-electron chi connectivity index (χ2n) is 2.75. The number of benzene rings is 1. The Morgan fingerprint density at radius 1 is 1.42 bits per heavy atom. The van der Waals surface area contributed by atoms with Crippen LogP contribution in [-0.4, -0.2) is 6.54 Å². The first-order valence-electron chi connectivity index (χ1n) is 3.85. The summed E-state index contributed by atoms with van der Waals surface area (Å²) in [7, 11) is 0. The largest absolute Gasteiger partial charge is 0.327 e. The van der Waals surface area contributed by atoms with Crippen LogP contribution in [0.15, 0.2) is 29.8 Å². The van der Waals surface area contributed by atoms with Crippen LogP contribution in [0.1, 0.15) is 12.5 Å². The highest BCUT2D eigenvalue weighted by Gasteiger charge is 1.90. The van der Waals surface area contributed by atoms with Gasteiger partial charge in [-0.1, -0.05) is 23.8 Å². The van der Waals surface area contributed by atoms with Crippen LogP contribution in [0.25, 0.3) is 6.08 Å². The SMILES string of the molecule is C/C(=C\c1ccc(F)cc1)CN. The highest BCUT2D eigenvalue weighted by atomic mass is 19.1. The molecule has 0 aliphatic carbocycles. The Morgan fingerprint density at radius 3 is 2.50 bits per heavy atom. The number of nitrogens with two attached hydrogens (primary N) is 1. The van der Waals surface area contributed by atoms with Crippen molar-refractivity contribution in [1.29, 1.82) is 0 Å². The summed E-state index contributed by atoms with van der Waals surface area (Å²) in [5.74, 6) is -0.211. The van der Waals surface area contributed by atoms with Gasteiger partial charge in [-0.2, -0.15) is 0 Å². The zero-order valence-electron chi connectivity index (χ0n) is 7.05. The first kappa shape index (κ1) is 8.94. The van der Waals surface area contributed by atoms with Crippen LogP contribution >= 0.6 is 0 Å². The van der Waals surface area contributed by atoms with Crippen LogP contribution in [0.5, 0.6) is 0 Å². The van der Waals surface area contributed by atoms with Gasteiger partial charge in [0.05, 0.1) is 0 Å². The molecule has 2 heteroatoms. The third-order valence-electron chi connectivity index (χ3n) is 1.61. The molecule has 1 nitrogen and oxygen atoms in total. The summed E-state index contributed by atoms with van der Waals surface area (Å²) < 4.78 is 12.5. The van der Waals surface area contributed by atoms with E-state index in [0.717, 1.165) is 11.1 Å². The number of hydrogen-bond acceptors (Lipinski definition) is 1. The van der Waals surface area contributed by atoms with Crippen LogP contribution in [0.4, 0.5) is 4.39 Å². The van der Waals surface area contributed by atoms with Crippen molar-refractivity contribution in [2.75, 3.05) is 6.54 Å². The molecule has 1 aromatic rings. The molecule has 0 spiro atoms. The van der Waals surface area contributed by atoms with Crippen LogP contribution < -0.4 is 5.73 Å². The molecule has 0 saturated carbocycles. The summed E-state index contributed by atoms with van der Waals surface area (Å²) in [5.41, 5.74) is 7.48. The van der Waals surface area contributed by atoms with Crippen LogP contribution in [0.2, 0.25) is 0 Å². The van der Waals surface area contributed by atoms with E-state index >= 15 is 0 Å². The lowest BCUT2D eigenvalue weighted by molar-refractivity contribution is 0.628. The van der Waals surface area contributed by atoms with E-state index in [9.17, 15) is 4.39 Å². The lowest BCUT2D eigenvalue weighted by Crippen LogP contribution is -1.99. The van der Waals surface area contributed by atoms with Crippen molar-refractivity contribution in [2.45, 2.75) is 6.92 Å². The molecule has 0 amide bonds. The molecule has 0 aliphatic heterocycles. The third kappa shape index (κ3) is 2.47. The standard InChI is InChI=1S/C10H12FN/c1-8(7-12)6-9-2-4-10(11)5-3-9/h2-6H,7,12H2,1H3/b8-6+. The second kappa shape index (κ2) is 4.02. The van der Waals surface area contributed by atoms with Crippen molar-refractivity contribution in [3.05, 3.63) is 41.2 Å². The fraction of sp³-hybridized carbons (Fsp3) is 0.200. The van der Waals surface area contributed by atoms with Gasteiger partial charge in [0, 0.05) is 6.54 Å².